The fraction of sp³-hybridized carbons (Fsp3) is 0.381. The molecule has 0 aliphatic heterocycles. The first-order valence-electron chi connectivity index (χ1n) is 8.82. The maximum Gasteiger partial charge on any atom is 0.223 e. The van der Waals surface area contributed by atoms with Crippen molar-refractivity contribution in [2.45, 2.75) is 45.2 Å². The number of aryl methyl sites for hydroxylation is 1. The average Bonchev–Trinajstić information content (AvgIpc) is 3.45. The van der Waals surface area contributed by atoms with Crippen LogP contribution in [0.25, 0.3) is 0 Å². The summed E-state index contributed by atoms with van der Waals surface area (Å²) in [6, 6.07) is 18.7. The van der Waals surface area contributed by atoms with Gasteiger partial charge in [0.05, 0.1) is 6.61 Å². The van der Waals surface area contributed by atoms with Gasteiger partial charge in [0.25, 0.3) is 0 Å². The molecule has 3 heteroatoms. The molecule has 1 aliphatic rings. The molecule has 1 saturated carbocycles. The fourth-order valence-electron chi connectivity index (χ4n) is 2.98. The van der Waals surface area contributed by atoms with Crippen LogP contribution < -0.4 is 4.74 Å². The average molecular weight is 323 g/mol. The lowest BCUT2D eigenvalue weighted by Crippen LogP contribution is -2.32. The molecule has 3 nitrogen and oxygen atoms in total. The first-order chi connectivity index (χ1) is 11.8. The Balaban J connectivity index is 1.62. The normalized spacial score (nSPS) is 13.5. The number of ether oxygens (including phenoxy) is 1. The minimum absolute atomic E-state index is 0.243. The van der Waals surface area contributed by atoms with Gasteiger partial charge >= 0.3 is 0 Å². The van der Waals surface area contributed by atoms with Gasteiger partial charge in [0, 0.05) is 19.0 Å². The minimum atomic E-state index is 0.243. The molecule has 1 amide bonds. The summed E-state index contributed by atoms with van der Waals surface area (Å²) < 4.78 is 5.66. The summed E-state index contributed by atoms with van der Waals surface area (Å²) in [6.45, 7) is 3.35. The van der Waals surface area contributed by atoms with E-state index in [2.05, 4.69) is 23.1 Å². The molecule has 2 aromatic carbocycles. The highest BCUT2D eigenvalue weighted by Crippen LogP contribution is 2.29. The Hall–Kier alpha value is -2.29. The Bertz CT molecular complexity index is 665. The molecule has 0 saturated heterocycles. The summed E-state index contributed by atoms with van der Waals surface area (Å²) in [4.78, 5) is 14.8. The number of hydrogen-bond donors (Lipinski definition) is 0. The van der Waals surface area contributed by atoms with Crippen molar-refractivity contribution in [3.63, 3.8) is 0 Å². The molecule has 3 rings (SSSR count). The van der Waals surface area contributed by atoms with Gasteiger partial charge in [0.15, 0.2) is 0 Å². The molecule has 0 N–H and O–H groups in total. The second-order valence-corrected chi connectivity index (χ2v) is 6.28. The summed E-state index contributed by atoms with van der Waals surface area (Å²) in [7, 11) is 0. The summed E-state index contributed by atoms with van der Waals surface area (Å²) >= 11 is 0. The SMILES string of the molecule is CCOc1ccccc1CCC(=O)N(Cc1ccccc1)C1CC1. The van der Waals surface area contributed by atoms with E-state index in [9.17, 15) is 4.79 Å². The maximum absolute atomic E-state index is 12.8. The maximum atomic E-state index is 12.8. The molecular weight excluding hydrogens is 298 g/mol. The third kappa shape index (κ3) is 4.38. The van der Waals surface area contributed by atoms with E-state index >= 15 is 0 Å². The van der Waals surface area contributed by atoms with Crippen molar-refractivity contribution in [3.05, 3.63) is 65.7 Å². The van der Waals surface area contributed by atoms with Crippen molar-refractivity contribution in [2.75, 3.05) is 6.61 Å². The Kier molecular flexibility index (Phi) is 5.52. The van der Waals surface area contributed by atoms with Crippen LogP contribution in [0.2, 0.25) is 0 Å². The zero-order valence-corrected chi connectivity index (χ0v) is 14.3. The van der Waals surface area contributed by atoms with Gasteiger partial charge in [-0.1, -0.05) is 48.5 Å². The first kappa shape index (κ1) is 16.6. The lowest BCUT2D eigenvalue weighted by atomic mass is 10.1. The minimum Gasteiger partial charge on any atom is -0.494 e. The van der Waals surface area contributed by atoms with Crippen molar-refractivity contribution in [3.8, 4) is 5.75 Å². The van der Waals surface area contributed by atoms with Crippen LogP contribution in [0.4, 0.5) is 0 Å². The Morgan fingerprint density at radius 2 is 1.79 bits per heavy atom. The number of para-hydroxylation sites is 1. The Morgan fingerprint density at radius 3 is 2.50 bits per heavy atom. The molecular formula is C21H25NO2. The molecule has 0 atom stereocenters. The lowest BCUT2D eigenvalue weighted by Gasteiger charge is -2.23. The molecule has 0 bridgehead atoms. The van der Waals surface area contributed by atoms with Gasteiger partial charge in [-0.3, -0.25) is 4.79 Å². The second-order valence-electron chi connectivity index (χ2n) is 6.28. The molecule has 0 heterocycles. The second kappa shape index (κ2) is 8.00. The molecule has 0 aromatic heterocycles. The number of rotatable bonds is 8. The third-order valence-electron chi connectivity index (χ3n) is 4.38. The number of carbonyl (C=O) groups excluding carboxylic acids is 1. The molecule has 24 heavy (non-hydrogen) atoms. The van der Waals surface area contributed by atoms with Crippen LogP contribution in [0.5, 0.6) is 5.75 Å². The van der Waals surface area contributed by atoms with Crippen LogP contribution in [0.3, 0.4) is 0 Å². The molecule has 0 radical (unpaired) electrons. The summed E-state index contributed by atoms with van der Waals surface area (Å²) in [6.07, 6.45) is 3.53. The molecule has 1 fully saturated rings. The van der Waals surface area contributed by atoms with Crippen LogP contribution in [0, 0.1) is 0 Å². The zero-order chi connectivity index (χ0) is 16.8. The third-order valence-corrected chi connectivity index (χ3v) is 4.38. The standard InChI is InChI=1S/C21H25NO2/c1-2-24-20-11-7-6-10-18(20)12-15-21(23)22(19-13-14-19)16-17-8-4-3-5-9-17/h3-11,19H,2,12-16H2,1H3. The monoisotopic (exact) mass is 323 g/mol. The van der Waals surface area contributed by atoms with Gasteiger partial charge in [-0.15, -0.1) is 0 Å². The van der Waals surface area contributed by atoms with E-state index in [0.29, 0.717) is 19.1 Å². The fourth-order valence-corrected chi connectivity index (χ4v) is 2.98. The van der Waals surface area contributed by atoms with Crippen LogP contribution in [0.15, 0.2) is 54.6 Å². The highest BCUT2D eigenvalue weighted by Gasteiger charge is 2.32. The Morgan fingerprint density at radius 1 is 1.08 bits per heavy atom. The Labute approximate surface area is 144 Å². The van der Waals surface area contributed by atoms with Gasteiger partial charge in [-0.25, -0.2) is 0 Å². The zero-order valence-electron chi connectivity index (χ0n) is 14.3. The van der Waals surface area contributed by atoms with E-state index in [-0.39, 0.29) is 5.91 Å². The molecule has 1 aliphatic carbocycles. The van der Waals surface area contributed by atoms with Gasteiger partial charge in [0.1, 0.15) is 5.75 Å². The van der Waals surface area contributed by atoms with Crippen molar-refractivity contribution >= 4 is 5.91 Å². The number of amides is 1. The summed E-state index contributed by atoms with van der Waals surface area (Å²) in [5.74, 6) is 1.14. The van der Waals surface area contributed by atoms with Gasteiger partial charge in [-0.2, -0.15) is 0 Å². The van der Waals surface area contributed by atoms with Crippen molar-refractivity contribution < 1.29 is 9.53 Å². The van der Waals surface area contributed by atoms with E-state index in [1.807, 2.05) is 43.3 Å². The largest absolute Gasteiger partial charge is 0.494 e. The van der Waals surface area contributed by atoms with Crippen LogP contribution in [0.1, 0.15) is 37.3 Å². The molecule has 0 spiro atoms. The van der Waals surface area contributed by atoms with Crippen molar-refractivity contribution in [1.29, 1.82) is 0 Å². The van der Waals surface area contributed by atoms with Crippen LogP contribution in [-0.2, 0) is 17.8 Å². The molecule has 0 unspecified atom stereocenters. The van der Waals surface area contributed by atoms with Crippen LogP contribution >= 0.6 is 0 Å². The molecule has 126 valence electrons. The van der Waals surface area contributed by atoms with E-state index in [0.717, 1.165) is 37.1 Å². The topological polar surface area (TPSA) is 29.5 Å². The van der Waals surface area contributed by atoms with Crippen molar-refractivity contribution in [2.24, 2.45) is 0 Å². The van der Waals surface area contributed by atoms with Crippen molar-refractivity contribution in [1.82, 2.24) is 4.90 Å². The van der Waals surface area contributed by atoms with E-state index < -0.39 is 0 Å². The summed E-state index contributed by atoms with van der Waals surface area (Å²) in [5, 5.41) is 0. The highest BCUT2D eigenvalue weighted by atomic mass is 16.5. The highest BCUT2D eigenvalue weighted by molar-refractivity contribution is 5.77. The lowest BCUT2D eigenvalue weighted by molar-refractivity contribution is -0.132. The molecule has 2 aromatic rings. The van der Waals surface area contributed by atoms with Gasteiger partial charge in [0.2, 0.25) is 5.91 Å². The van der Waals surface area contributed by atoms with Gasteiger partial charge < -0.3 is 9.64 Å². The first-order valence-corrected chi connectivity index (χ1v) is 8.82. The number of hydrogen-bond acceptors (Lipinski definition) is 2. The van der Waals surface area contributed by atoms with E-state index in [4.69, 9.17) is 4.74 Å². The predicted molar refractivity (Wildman–Crippen MR) is 95.9 cm³/mol. The smallest absolute Gasteiger partial charge is 0.223 e. The van der Waals surface area contributed by atoms with Gasteiger partial charge in [-0.05, 0) is 43.4 Å². The quantitative estimate of drug-likeness (QED) is 0.728. The predicted octanol–water partition coefficient (Wildman–Crippen LogP) is 4.21. The van der Waals surface area contributed by atoms with E-state index in [1.54, 1.807) is 0 Å². The number of carbonyl (C=O) groups is 1. The number of nitrogens with zero attached hydrogens (tertiary/aromatic N) is 1. The number of benzene rings is 2. The van der Waals surface area contributed by atoms with E-state index in [1.165, 1.54) is 5.56 Å². The van der Waals surface area contributed by atoms with Crippen LogP contribution in [-0.4, -0.2) is 23.5 Å². The summed E-state index contributed by atoms with van der Waals surface area (Å²) in [5.41, 5.74) is 2.32.